The van der Waals surface area contributed by atoms with Crippen LogP contribution >= 0.6 is 0 Å². The van der Waals surface area contributed by atoms with Gasteiger partial charge in [-0.25, -0.2) is 4.39 Å². The monoisotopic (exact) mass is 319 g/mol. The van der Waals surface area contributed by atoms with Crippen LogP contribution in [0, 0.1) is 19.7 Å². The van der Waals surface area contributed by atoms with E-state index in [1.165, 1.54) is 5.56 Å². The highest BCUT2D eigenvalue weighted by Gasteiger charge is 2.11. The lowest BCUT2D eigenvalue weighted by molar-refractivity contribution is 0.618. The second kappa shape index (κ2) is 5.38. The Morgan fingerprint density at radius 1 is 0.792 bits per heavy atom. The van der Waals surface area contributed by atoms with Crippen molar-refractivity contribution in [3.05, 3.63) is 71.5 Å². The smallest absolute Gasteiger partial charge is 0.137 e. The molecule has 120 valence electrons. The minimum Gasteiger partial charge on any atom is -0.456 e. The Kier molecular flexibility index (Phi) is 3.31. The van der Waals surface area contributed by atoms with Gasteiger partial charge in [-0.1, -0.05) is 18.2 Å². The number of benzene rings is 3. The lowest BCUT2D eigenvalue weighted by Gasteiger charge is -2.19. The van der Waals surface area contributed by atoms with E-state index in [4.69, 9.17) is 4.42 Å². The highest BCUT2D eigenvalue weighted by atomic mass is 19.1. The lowest BCUT2D eigenvalue weighted by atomic mass is 10.1. The number of hydrogen-bond acceptors (Lipinski definition) is 2. The van der Waals surface area contributed by atoms with Gasteiger partial charge in [-0.15, -0.1) is 0 Å². The van der Waals surface area contributed by atoms with Gasteiger partial charge in [0.15, 0.2) is 0 Å². The third kappa shape index (κ3) is 2.33. The molecule has 0 aliphatic rings. The summed E-state index contributed by atoms with van der Waals surface area (Å²) in [5.74, 6) is -0.195. The first-order chi connectivity index (χ1) is 11.5. The fourth-order valence-electron chi connectivity index (χ4n) is 3.02. The molecule has 0 N–H and O–H groups in total. The van der Waals surface area contributed by atoms with Crippen molar-refractivity contribution >= 4 is 33.3 Å². The van der Waals surface area contributed by atoms with Crippen LogP contribution in [-0.2, 0) is 0 Å². The van der Waals surface area contributed by atoms with Gasteiger partial charge in [-0.2, -0.15) is 0 Å². The van der Waals surface area contributed by atoms with E-state index >= 15 is 0 Å². The number of rotatable bonds is 2. The van der Waals surface area contributed by atoms with E-state index in [1.54, 1.807) is 19.1 Å². The molecule has 0 atom stereocenters. The quantitative estimate of drug-likeness (QED) is 0.443. The van der Waals surface area contributed by atoms with E-state index in [1.807, 2.05) is 36.2 Å². The second-order valence-corrected chi connectivity index (χ2v) is 6.27. The van der Waals surface area contributed by atoms with E-state index in [2.05, 4.69) is 25.1 Å². The Labute approximate surface area is 140 Å². The van der Waals surface area contributed by atoms with E-state index in [0.29, 0.717) is 5.56 Å². The van der Waals surface area contributed by atoms with Crippen LogP contribution in [-0.4, -0.2) is 7.05 Å². The maximum Gasteiger partial charge on any atom is 0.137 e. The Morgan fingerprint density at radius 3 is 2.17 bits per heavy atom. The average molecular weight is 319 g/mol. The molecular weight excluding hydrogens is 301 g/mol. The number of nitrogens with zero attached hydrogens (tertiary/aromatic N) is 1. The Morgan fingerprint density at radius 2 is 1.42 bits per heavy atom. The molecule has 0 unspecified atom stereocenters. The molecule has 4 aromatic rings. The van der Waals surface area contributed by atoms with E-state index in [9.17, 15) is 4.39 Å². The zero-order valence-electron chi connectivity index (χ0n) is 13.9. The molecule has 1 aromatic heterocycles. The molecule has 0 saturated heterocycles. The molecule has 3 heteroatoms. The van der Waals surface area contributed by atoms with Gasteiger partial charge in [0.1, 0.15) is 17.0 Å². The molecule has 0 bridgehead atoms. The van der Waals surface area contributed by atoms with Crippen LogP contribution in [0.15, 0.2) is 59.0 Å². The minimum absolute atomic E-state index is 0.195. The molecule has 0 spiro atoms. The maximum absolute atomic E-state index is 13.8. The van der Waals surface area contributed by atoms with Gasteiger partial charge in [0, 0.05) is 35.3 Å². The number of furan rings is 1. The summed E-state index contributed by atoms with van der Waals surface area (Å²) in [6.07, 6.45) is 0. The average Bonchev–Trinajstić information content (AvgIpc) is 2.93. The Hall–Kier alpha value is -2.81. The summed E-state index contributed by atoms with van der Waals surface area (Å²) in [6, 6.07) is 17.6. The second-order valence-electron chi connectivity index (χ2n) is 6.27. The van der Waals surface area contributed by atoms with Crippen LogP contribution in [0.5, 0.6) is 0 Å². The summed E-state index contributed by atoms with van der Waals surface area (Å²) in [5.41, 5.74) is 5.33. The van der Waals surface area contributed by atoms with Gasteiger partial charge < -0.3 is 9.32 Å². The molecule has 0 saturated carbocycles. The molecule has 4 rings (SSSR count). The number of aryl methyl sites for hydroxylation is 2. The topological polar surface area (TPSA) is 16.4 Å². The highest BCUT2D eigenvalue weighted by molar-refractivity contribution is 6.06. The van der Waals surface area contributed by atoms with E-state index < -0.39 is 0 Å². The number of hydrogen-bond donors (Lipinski definition) is 0. The van der Waals surface area contributed by atoms with Crippen LogP contribution < -0.4 is 4.90 Å². The summed E-state index contributed by atoms with van der Waals surface area (Å²) in [6.45, 7) is 3.82. The molecule has 0 aliphatic heterocycles. The first-order valence-electron chi connectivity index (χ1n) is 7.96. The predicted octanol–water partition coefficient (Wildman–Crippen LogP) is 6.11. The summed E-state index contributed by atoms with van der Waals surface area (Å²) < 4.78 is 19.8. The molecule has 2 nitrogen and oxygen atoms in total. The molecule has 24 heavy (non-hydrogen) atoms. The summed E-state index contributed by atoms with van der Waals surface area (Å²) in [5, 5.41) is 2.21. The normalized spacial score (nSPS) is 11.3. The fraction of sp³-hybridized carbons (Fsp3) is 0.143. The van der Waals surface area contributed by atoms with E-state index in [-0.39, 0.29) is 5.82 Å². The summed E-state index contributed by atoms with van der Waals surface area (Å²) in [7, 11) is 1.93. The van der Waals surface area contributed by atoms with Crippen molar-refractivity contribution in [1.29, 1.82) is 0 Å². The first kappa shape index (κ1) is 14.8. The molecular formula is C21H18FNO. The van der Waals surface area contributed by atoms with Gasteiger partial charge in [0.2, 0.25) is 0 Å². The van der Waals surface area contributed by atoms with Crippen LogP contribution in [0.1, 0.15) is 11.1 Å². The van der Waals surface area contributed by atoms with Crippen molar-refractivity contribution in [3.8, 4) is 0 Å². The number of fused-ring (bicyclic) bond motifs is 3. The maximum atomic E-state index is 13.8. The van der Waals surface area contributed by atoms with Gasteiger partial charge in [-0.05, 0) is 55.3 Å². The van der Waals surface area contributed by atoms with E-state index in [0.717, 1.165) is 33.3 Å². The molecule has 0 fully saturated rings. The van der Waals surface area contributed by atoms with Crippen LogP contribution in [0.4, 0.5) is 15.8 Å². The van der Waals surface area contributed by atoms with Crippen molar-refractivity contribution in [3.63, 3.8) is 0 Å². The molecule has 3 aromatic carbocycles. The first-order valence-corrected chi connectivity index (χ1v) is 7.96. The van der Waals surface area contributed by atoms with Crippen molar-refractivity contribution in [1.82, 2.24) is 0 Å². The minimum atomic E-state index is -0.195. The van der Waals surface area contributed by atoms with Crippen molar-refractivity contribution in [2.45, 2.75) is 13.8 Å². The van der Waals surface area contributed by atoms with Crippen molar-refractivity contribution in [2.24, 2.45) is 0 Å². The van der Waals surface area contributed by atoms with Gasteiger partial charge >= 0.3 is 0 Å². The Balaban J connectivity index is 1.81. The lowest BCUT2D eigenvalue weighted by Crippen LogP contribution is -2.09. The predicted molar refractivity (Wildman–Crippen MR) is 97.7 cm³/mol. The number of halogens is 1. The SMILES string of the molecule is Cc1ccc2c(c1)oc1cc(N(C)c3ccc(C)c(F)c3)ccc12. The fourth-order valence-corrected chi connectivity index (χ4v) is 3.02. The third-order valence-corrected chi connectivity index (χ3v) is 4.54. The number of anilines is 2. The van der Waals surface area contributed by atoms with Crippen LogP contribution in [0.3, 0.4) is 0 Å². The van der Waals surface area contributed by atoms with Crippen LogP contribution in [0.2, 0.25) is 0 Å². The summed E-state index contributed by atoms with van der Waals surface area (Å²) >= 11 is 0. The molecule has 0 radical (unpaired) electrons. The highest BCUT2D eigenvalue weighted by Crippen LogP contribution is 2.33. The third-order valence-electron chi connectivity index (χ3n) is 4.54. The Bertz CT molecular complexity index is 1060. The van der Waals surface area contributed by atoms with Crippen LogP contribution in [0.25, 0.3) is 21.9 Å². The van der Waals surface area contributed by atoms with Crippen molar-refractivity contribution < 1.29 is 8.81 Å². The zero-order valence-corrected chi connectivity index (χ0v) is 13.9. The van der Waals surface area contributed by atoms with Gasteiger partial charge in [-0.3, -0.25) is 0 Å². The molecule has 0 aliphatic carbocycles. The molecule has 1 heterocycles. The standard InChI is InChI=1S/C21H18FNO/c1-13-4-8-17-18-9-7-16(12-21(18)24-20(17)10-13)23(3)15-6-5-14(2)19(22)11-15/h4-12H,1-3H3. The summed E-state index contributed by atoms with van der Waals surface area (Å²) in [4.78, 5) is 1.96. The largest absolute Gasteiger partial charge is 0.456 e. The van der Waals surface area contributed by atoms with Crippen molar-refractivity contribution in [2.75, 3.05) is 11.9 Å². The van der Waals surface area contributed by atoms with Gasteiger partial charge in [0.25, 0.3) is 0 Å². The van der Waals surface area contributed by atoms with Gasteiger partial charge in [0.05, 0.1) is 0 Å². The molecule has 0 amide bonds. The zero-order chi connectivity index (χ0) is 16.8.